The Kier molecular flexibility index (Phi) is 5.21. The van der Waals surface area contributed by atoms with Crippen molar-refractivity contribution in [3.8, 4) is 16.9 Å². The molecule has 2 aromatic carbocycles. The topological polar surface area (TPSA) is 33.1 Å². The summed E-state index contributed by atoms with van der Waals surface area (Å²) in [6.07, 6.45) is 3.72. The number of hydrogen-bond acceptors (Lipinski definition) is 3. The molecule has 2 aliphatic heterocycles. The molecule has 2 fully saturated rings. The average Bonchev–Trinajstić information content (AvgIpc) is 3.46. The van der Waals surface area contributed by atoms with Crippen LogP contribution in [0, 0.1) is 6.92 Å². The van der Waals surface area contributed by atoms with Crippen molar-refractivity contribution in [1.29, 1.82) is 0 Å². The maximum atomic E-state index is 5.05. The number of hydrogen-bond donors (Lipinski definition) is 1. The molecule has 2 saturated heterocycles. The lowest BCUT2D eigenvalue weighted by Crippen LogP contribution is -2.42. The van der Waals surface area contributed by atoms with Crippen molar-refractivity contribution in [2.75, 3.05) is 26.2 Å². The van der Waals surface area contributed by atoms with E-state index in [4.69, 9.17) is 5.10 Å². The fourth-order valence-corrected chi connectivity index (χ4v) is 4.84. The molecule has 0 saturated carbocycles. The minimum absolute atomic E-state index is 0.563. The van der Waals surface area contributed by atoms with Gasteiger partial charge in [0.05, 0.1) is 11.4 Å². The molecule has 150 valence electrons. The lowest BCUT2D eigenvalue weighted by molar-refractivity contribution is 0.160. The number of aromatic nitrogens is 2. The zero-order valence-electron chi connectivity index (χ0n) is 17.2. The van der Waals surface area contributed by atoms with Crippen molar-refractivity contribution in [2.45, 2.75) is 38.1 Å². The second-order valence-electron chi connectivity index (χ2n) is 8.52. The molecule has 0 radical (unpaired) electrons. The SMILES string of the molecule is Cc1ccc(-c2cc(C3CCN(C4CCNC4)CC3)n(-c3ccccc3)n2)cc1. The first kappa shape index (κ1) is 18.6. The van der Waals surface area contributed by atoms with Gasteiger partial charge in [-0.3, -0.25) is 4.90 Å². The Labute approximate surface area is 173 Å². The van der Waals surface area contributed by atoms with Crippen LogP contribution in [0.3, 0.4) is 0 Å². The van der Waals surface area contributed by atoms with E-state index in [2.05, 4.69) is 82.5 Å². The fourth-order valence-electron chi connectivity index (χ4n) is 4.84. The molecule has 5 rings (SSSR count). The van der Waals surface area contributed by atoms with Crippen LogP contribution in [0.5, 0.6) is 0 Å². The van der Waals surface area contributed by atoms with E-state index in [1.807, 2.05) is 0 Å². The Bertz CT molecular complexity index is 931. The summed E-state index contributed by atoms with van der Waals surface area (Å²) in [4.78, 5) is 2.70. The largest absolute Gasteiger partial charge is 0.315 e. The maximum Gasteiger partial charge on any atom is 0.0930 e. The van der Waals surface area contributed by atoms with Crippen LogP contribution in [-0.4, -0.2) is 46.9 Å². The predicted molar refractivity (Wildman–Crippen MR) is 119 cm³/mol. The first-order valence-electron chi connectivity index (χ1n) is 10.9. The van der Waals surface area contributed by atoms with Gasteiger partial charge in [-0.25, -0.2) is 4.68 Å². The number of benzene rings is 2. The molecule has 0 spiro atoms. The summed E-state index contributed by atoms with van der Waals surface area (Å²) in [6, 6.07) is 22.4. The lowest BCUT2D eigenvalue weighted by Gasteiger charge is -2.35. The van der Waals surface area contributed by atoms with Gasteiger partial charge >= 0.3 is 0 Å². The van der Waals surface area contributed by atoms with Crippen molar-refractivity contribution in [3.05, 3.63) is 71.9 Å². The van der Waals surface area contributed by atoms with Crippen LogP contribution in [0.4, 0.5) is 0 Å². The minimum Gasteiger partial charge on any atom is -0.315 e. The highest BCUT2D eigenvalue weighted by atomic mass is 15.3. The Morgan fingerprint density at radius 1 is 0.931 bits per heavy atom. The monoisotopic (exact) mass is 386 g/mol. The number of piperidine rings is 1. The molecule has 2 aliphatic rings. The first-order chi connectivity index (χ1) is 14.3. The Hall–Kier alpha value is -2.43. The quantitative estimate of drug-likeness (QED) is 0.722. The normalized spacial score (nSPS) is 20.9. The summed E-state index contributed by atoms with van der Waals surface area (Å²) < 4.78 is 2.19. The molecule has 29 heavy (non-hydrogen) atoms. The zero-order chi connectivity index (χ0) is 19.6. The van der Waals surface area contributed by atoms with Crippen LogP contribution in [0.2, 0.25) is 0 Å². The molecule has 4 nitrogen and oxygen atoms in total. The van der Waals surface area contributed by atoms with Crippen LogP contribution in [0.1, 0.15) is 36.4 Å². The third kappa shape index (κ3) is 3.87. The summed E-state index contributed by atoms with van der Waals surface area (Å²) in [5.41, 5.74) is 6.07. The van der Waals surface area contributed by atoms with Gasteiger partial charge in [0.2, 0.25) is 0 Å². The minimum atomic E-state index is 0.563. The van der Waals surface area contributed by atoms with Gasteiger partial charge in [-0.05, 0) is 64.0 Å². The van der Waals surface area contributed by atoms with Crippen LogP contribution >= 0.6 is 0 Å². The molecule has 1 unspecified atom stereocenters. The van der Waals surface area contributed by atoms with Crippen LogP contribution in [-0.2, 0) is 0 Å². The molecule has 3 aromatic rings. The molecule has 1 N–H and O–H groups in total. The summed E-state index contributed by atoms with van der Waals surface area (Å²) >= 11 is 0. The number of rotatable bonds is 4. The van der Waals surface area contributed by atoms with Crippen molar-refractivity contribution in [3.63, 3.8) is 0 Å². The van der Waals surface area contributed by atoms with Crippen molar-refractivity contribution >= 4 is 0 Å². The highest BCUT2D eigenvalue weighted by Gasteiger charge is 2.29. The highest BCUT2D eigenvalue weighted by molar-refractivity contribution is 5.61. The van der Waals surface area contributed by atoms with Gasteiger partial charge < -0.3 is 5.32 Å². The lowest BCUT2D eigenvalue weighted by atomic mass is 9.91. The van der Waals surface area contributed by atoms with Crippen molar-refractivity contribution in [1.82, 2.24) is 20.0 Å². The summed E-state index contributed by atoms with van der Waals surface area (Å²) in [7, 11) is 0. The molecule has 0 bridgehead atoms. The summed E-state index contributed by atoms with van der Waals surface area (Å²) in [5.74, 6) is 0.563. The van der Waals surface area contributed by atoms with Gasteiger partial charge in [0, 0.05) is 29.8 Å². The van der Waals surface area contributed by atoms with E-state index in [0.29, 0.717) is 5.92 Å². The zero-order valence-corrected chi connectivity index (χ0v) is 17.2. The van der Waals surface area contributed by atoms with Gasteiger partial charge in [-0.15, -0.1) is 0 Å². The number of para-hydroxylation sites is 1. The third-order valence-electron chi connectivity index (χ3n) is 6.58. The number of aryl methyl sites for hydroxylation is 1. The van der Waals surface area contributed by atoms with Gasteiger partial charge in [0.25, 0.3) is 0 Å². The fraction of sp³-hybridized carbons (Fsp3) is 0.400. The Morgan fingerprint density at radius 3 is 2.38 bits per heavy atom. The van der Waals surface area contributed by atoms with E-state index in [1.165, 1.54) is 55.7 Å². The molecular weight excluding hydrogens is 356 g/mol. The predicted octanol–water partition coefficient (Wildman–Crippen LogP) is 4.39. The molecule has 1 atom stereocenters. The summed E-state index contributed by atoms with van der Waals surface area (Å²) in [5, 5.41) is 8.56. The van der Waals surface area contributed by atoms with E-state index in [1.54, 1.807) is 0 Å². The number of likely N-dealkylation sites (tertiary alicyclic amines) is 1. The molecule has 0 aliphatic carbocycles. The van der Waals surface area contributed by atoms with Crippen molar-refractivity contribution < 1.29 is 0 Å². The average molecular weight is 387 g/mol. The van der Waals surface area contributed by atoms with Crippen LogP contribution < -0.4 is 5.32 Å². The second-order valence-corrected chi connectivity index (χ2v) is 8.52. The highest BCUT2D eigenvalue weighted by Crippen LogP contribution is 2.33. The number of nitrogens with one attached hydrogen (secondary N) is 1. The van der Waals surface area contributed by atoms with E-state index < -0.39 is 0 Å². The molecule has 0 amide bonds. The van der Waals surface area contributed by atoms with Crippen LogP contribution in [0.15, 0.2) is 60.7 Å². The smallest absolute Gasteiger partial charge is 0.0930 e. The van der Waals surface area contributed by atoms with Gasteiger partial charge in [-0.2, -0.15) is 5.10 Å². The van der Waals surface area contributed by atoms with Gasteiger partial charge in [0.15, 0.2) is 0 Å². The van der Waals surface area contributed by atoms with E-state index in [-0.39, 0.29) is 0 Å². The maximum absolute atomic E-state index is 5.05. The first-order valence-corrected chi connectivity index (χ1v) is 10.9. The Morgan fingerprint density at radius 2 is 1.69 bits per heavy atom. The molecule has 4 heteroatoms. The molecule has 1 aromatic heterocycles. The van der Waals surface area contributed by atoms with Gasteiger partial charge in [-0.1, -0.05) is 48.0 Å². The summed E-state index contributed by atoms with van der Waals surface area (Å²) in [6.45, 7) is 6.84. The van der Waals surface area contributed by atoms with Crippen molar-refractivity contribution in [2.24, 2.45) is 0 Å². The number of nitrogens with zero attached hydrogens (tertiary/aromatic N) is 3. The van der Waals surface area contributed by atoms with Crippen LogP contribution in [0.25, 0.3) is 16.9 Å². The molecular formula is C25H30N4. The Balaban J connectivity index is 1.44. The third-order valence-corrected chi connectivity index (χ3v) is 6.58. The van der Waals surface area contributed by atoms with Gasteiger partial charge in [0.1, 0.15) is 0 Å². The van der Waals surface area contributed by atoms with E-state index in [9.17, 15) is 0 Å². The molecule has 3 heterocycles. The van der Waals surface area contributed by atoms with E-state index in [0.717, 1.165) is 24.0 Å². The van der Waals surface area contributed by atoms with E-state index >= 15 is 0 Å². The second kappa shape index (κ2) is 8.13. The standard InChI is InChI=1S/C25H30N4/c1-19-7-9-20(10-8-19)24-17-25(29(27-24)22-5-3-2-4-6-22)21-12-15-28(16-13-21)23-11-14-26-18-23/h2-10,17,21,23,26H,11-16,18H2,1H3.